The van der Waals surface area contributed by atoms with Gasteiger partial charge in [0.25, 0.3) is 35.6 Å². The fourth-order valence-corrected chi connectivity index (χ4v) is 6.05. The summed E-state index contributed by atoms with van der Waals surface area (Å²) in [6, 6.07) is 0.131. The van der Waals surface area contributed by atoms with Crippen LogP contribution in [0.15, 0.2) is 20.8 Å². The molecule has 0 radical (unpaired) electrons. The van der Waals surface area contributed by atoms with Crippen molar-refractivity contribution in [2.24, 2.45) is 0 Å². The number of benzene rings is 1. The third-order valence-corrected chi connectivity index (χ3v) is 7.12. The normalized spacial score (nSPS) is 12.7. The maximum atomic E-state index is 12.5. The average molecular weight is 527 g/mol. The van der Waals surface area contributed by atoms with Crippen LogP contribution in [0.25, 0.3) is 0 Å². The zero-order valence-electron chi connectivity index (χ0n) is 14.9. The van der Waals surface area contributed by atoms with Crippen molar-refractivity contribution in [3.8, 4) is 0 Å². The minimum absolute atomic E-state index is 0.131. The van der Waals surface area contributed by atoms with Crippen LogP contribution >= 0.6 is 23.2 Å². The van der Waals surface area contributed by atoms with E-state index >= 15 is 0 Å². The second kappa shape index (κ2) is 9.99. The van der Waals surface area contributed by atoms with Gasteiger partial charge in [0.2, 0.25) is 0 Å². The maximum Gasteiger partial charge on any atom is 0.296 e. The van der Waals surface area contributed by atoms with Crippen molar-refractivity contribution >= 4 is 64.6 Å². The SMILES string of the molecule is O=C(CCCCCCCl)c1cc(S(=O)(=O)O)c(S(=O)(=O)O)c(C(=O)Cl)c1S(=O)(=O)O. The molecule has 170 valence electrons. The van der Waals surface area contributed by atoms with Gasteiger partial charge in [-0.15, -0.1) is 11.6 Å². The van der Waals surface area contributed by atoms with Crippen molar-refractivity contribution in [1.82, 2.24) is 0 Å². The first-order chi connectivity index (χ1) is 13.5. The molecule has 0 saturated heterocycles. The Morgan fingerprint density at radius 2 is 1.30 bits per heavy atom. The Labute approximate surface area is 182 Å². The van der Waals surface area contributed by atoms with Crippen LogP contribution in [0, 0.1) is 0 Å². The highest BCUT2D eigenvalue weighted by molar-refractivity contribution is 7.89. The molecule has 0 spiro atoms. The molecule has 11 nitrogen and oxygen atoms in total. The number of unbranched alkanes of at least 4 members (excludes halogenated alkanes) is 3. The van der Waals surface area contributed by atoms with E-state index < -0.39 is 73.6 Å². The van der Waals surface area contributed by atoms with Crippen molar-refractivity contribution in [2.45, 2.75) is 46.8 Å². The number of carbonyl (C=O) groups excluding carboxylic acids is 2. The molecule has 16 heteroatoms. The number of carbonyl (C=O) groups is 2. The Kier molecular flexibility index (Phi) is 8.96. The van der Waals surface area contributed by atoms with Gasteiger partial charge in [-0.1, -0.05) is 12.8 Å². The molecule has 0 saturated carbocycles. The first-order valence-electron chi connectivity index (χ1n) is 7.96. The highest BCUT2D eigenvalue weighted by Crippen LogP contribution is 2.35. The summed E-state index contributed by atoms with van der Waals surface area (Å²) in [5, 5.41) is -1.93. The van der Waals surface area contributed by atoms with Crippen molar-refractivity contribution in [3.05, 3.63) is 17.2 Å². The molecule has 0 aliphatic rings. The van der Waals surface area contributed by atoms with Crippen LogP contribution in [-0.2, 0) is 30.4 Å². The van der Waals surface area contributed by atoms with Gasteiger partial charge in [-0.2, -0.15) is 25.3 Å². The highest BCUT2D eigenvalue weighted by atomic mass is 35.5. The molecule has 0 aliphatic carbocycles. The van der Waals surface area contributed by atoms with E-state index in [1.54, 1.807) is 0 Å². The predicted molar refractivity (Wildman–Crippen MR) is 104 cm³/mol. The molecule has 1 aromatic carbocycles. The summed E-state index contributed by atoms with van der Waals surface area (Å²) in [6.45, 7) is 0. The molecule has 0 aromatic heterocycles. The lowest BCUT2D eigenvalue weighted by Gasteiger charge is -2.15. The Balaban J connectivity index is 3.93. The van der Waals surface area contributed by atoms with Gasteiger partial charge >= 0.3 is 0 Å². The van der Waals surface area contributed by atoms with E-state index in [9.17, 15) is 48.5 Å². The summed E-state index contributed by atoms with van der Waals surface area (Å²) in [6.07, 6.45) is 1.50. The Morgan fingerprint density at radius 1 is 0.800 bits per heavy atom. The van der Waals surface area contributed by atoms with Crippen LogP contribution in [0.2, 0.25) is 0 Å². The molecular formula is C14H16Cl2O11S3. The quantitative estimate of drug-likeness (QED) is 0.125. The van der Waals surface area contributed by atoms with E-state index in [4.69, 9.17) is 23.2 Å². The average Bonchev–Trinajstić information content (AvgIpc) is 2.56. The molecule has 0 fully saturated rings. The lowest BCUT2D eigenvalue weighted by Crippen LogP contribution is -2.21. The first kappa shape index (κ1) is 26.9. The maximum absolute atomic E-state index is 12.5. The molecule has 0 unspecified atom stereocenters. The highest BCUT2D eigenvalue weighted by Gasteiger charge is 2.38. The van der Waals surface area contributed by atoms with Gasteiger partial charge in [-0.05, 0) is 30.5 Å². The molecule has 0 amide bonds. The number of halogens is 2. The summed E-state index contributed by atoms with van der Waals surface area (Å²) in [4.78, 5) is 19.1. The zero-order chi connectivity index (χ0) is 23.5. The minimum atomic E-state index is -5.69. The van der Waals surface area contributed by atoms with E-state index in [-0.39, 0.29) is 12.5 Å². The summed E-state index contributed by atoms with van der Waals surface area (Å²) >= 11 is 10.7. The Morgan fingerprint density at radius 3 is 1.70 bits per heavy atom. The van der Waals surface area contributed by atoms with Gasteiger partial charge in [0, 0.05) is 17.9 Å². The topological polar surface area (TPSA) is 197 Å². The van der Waals surface area contributed by atoms with E-state index in [2.05, 4.69) is 0 Å². The van der Waals surface area contributed by atoms with Crippen molar-refractivity contribution in [3.63, 3.8) is 0 Å². The number of Topliss-reactive ketones (excluding diaryl/α,β-unsaturated/α-hetero) is 1. The standard InChI is InChI=1S/C14H16Cl2O11S3/c15-6-4-2-1-3-5-9(17)8-7-10(28(19,20)21)13(30(25,26)27)11(14(16)18)12(8)29(22,23)24/h7H,1-6H2,(H,19,20,21)(H,22,23,24)(H,25,26,27). The van der Waals surface area contributed by atoms with E-state index in [0.29, 0.717) is 25.1 Å². The van der Waals surface area contributed by atoms with Crippen LogP contribution in [0.1, 0.15) is 52.8 Å². The smallest absolute Gasteiger partial charge is 0.294 e. The monoisotopic (exact) mass is 526 g/mol. The van der Waals surface area contributed by atoms with Crippen LogP contribution in [-0.4, -0.2) is 55.8 Å². The fourth-order valence-electron chi connectivity index (χ4n) is 2.59. The summed E-state index contributed by atoms with van der Waals surface area (Å²) in [7, 11) is -16.7. The van der Waals surface area contributed by atoms with Gasteiger partial charge in [-0.25, -0.2) is 0 Å². The molecule has 0 atom stereocenters. The molecule has 30 heavy (non-hydrogen) atoms. The van der Waals surface area contributed by atoms with Gasteiger partial charge in [-0.3, -0.25) is 23.2 Å². The predicted octanol–water partition coefficient (Wildman–Crippen LogP) is 2.18. The minimum Gasteiger partial charge on any atom is -0.294 e. The number of hydrogen-bond donors (Lipinski definition) is 3. The summed E-state index contributed by atoms with van der Waals surface area (Å²) < 4.78 is 98.4. The lowest BCUT2D eigenvalue weighted by atomic mass is 10.0. The zero-order valence-corrected chi connectivity index (χ0v) is 18.9. The summed E-state index contributed by atoms with van der Waals surface area (Å²) in [5.41, 5.74) is -2.79. The van der Waals surface area contributed by atoms with E-state index in [1.807, 2.05) is 0 Å². The second-order valence-corrected chi connectivity index (χ2v) is 10.8. The summed E-state index contributed by atoms with van der Waals surface area (Å²) in [5.74, 6) is -0.726. The Hall–Kier alpha value is -1.13. The van der Waals surface area contributed by atoms with E-state index in [0.717, 1.165) is 0 Å². The van der Waals surface area contributed by atoms with Crippen LogP contribution in [0.3, 0.4) is 0 Å². The van der Waals surface area contributed by atoms with Gasteiger partial charge in [0.15, 0.2) is 5.78 Å². The van der Waals surface area contributed by atoms with Gasteiger partial charge in [0.05, 0.1) is 5.56 Å². The van der Waals surface area contributed by atoms with Crippen LogP contribution in [0.4, 0.5) is 0 Å². The number of rotatable bonds is 11. The lowest BCUT2D eigenvalue weighted by molar-refractivity contribution is 0.0975. The molecule has 0 bridgehead atoms. The molecular weight excluding hydrogens is 511 g/mol. The Bertz CT molecular complexity index is 1170. The van der Waals surface area contributed by atoms with Gasteiger partial charge in [0.1, 0.15) is 14.7 Å². The number of ketones is 1. The first-order valence-corrected chi connectivity index (χ1v) is 13.2. The third-order valence-electron chi connectivity index (χ3n) is 3.78. The third kappa shape index (κ3) is 6.68. The van der Waals surface area contributed by atoms with Crippen molar-refractivity contribution in [2.75, 3.05) is 5.88 Å². The molecule has 1 rings (SSSR count). The number of hydrogen-bond acceptors (Lipinski definition) is 8. The molecule has 0 heterocycles. The molecule has 3 N–H and O–H groups in total. The van der Waals surface area contributed by atoms with Crippen molar-refractivity contribution < 1.29 is 48.5 Å². The van der Waals surface area contributed by atoms with Crippen LogP contribution < -0.4 is 0 Å². The fraction of sp³-hybridized carbons (Fsp3) is 0.429. The van der Waals surface area contributed by atoms with E-state index in [1.165, 1.54) is 0 Å². The van der Waals surface area contributed by atoms with Crippen LogP contribution in [0.5, 0.6) is 0 Å². The number of alkyl halides is 1. The largest absolute Gasteiger partial charge is 0.296 e. The van der Waals surface area contributed by atoms with Crippen molar-refractivity contribution in [1.29, 1.82) is 0 Å². The second-order valence-electron chi connectivity index (χ2n) is 5.93. The van der Waals surface area contributed by atoms with Gasteiger partial charge < -0.3 is 0 Å². The molecule has 1 aromatic rings. The molecule has 0 aliphatic heterocycles.